The van der Waals surface area contributed by atoms with Crippen LogP contribution >= 0.6 is 34.0 Å². The molecule has 12 aromatic heterocycles. The average Bonchev–Trinajstić information content (AvgIpc) is 1.64. The van der Waals surface area contributed by atoms with Gasteiger partial charge in [-0.2, -0.15) is 43.8 Å². The summed E-state index contributed by atoms with van der Waals surface area (Å²) >= 11 is 3.37. The van der Waals surface area contributed by atoms with Gasteiger partial charge in [0.25, 0.3) is 17.7 Å². The lowest BCUT2D eigenvalue weighted by atomic mass is 9.93. The van der Waals surface area contributed by atoms with E-state index in [-0.39, 0.29) is 105 Å². The Balaban J connectivity index is 0.000000184. The molecular weight excluding hydrogens is 2010 g/mol. The van der Waals surface area contributed by atoms with Crippen LogP contribution in [0.25, 0.3) is 65.9 Å². The Hall–Kier alpha value is -15.3. The monoisotopic (exact) mass is 2100 g/mol. The van der Waals surface area contributed by atoms with Gasteiger partial charge in [-0.15, -0.1) is 34.0 Å². The molecule has 0 saturated heterocycles. The van der Waals surface area contributed by atoms with Crippen LogP contribution in [0.15, 0.2) is 108 Å². The fraction of sp³-hybridized carbons (Fsp3) is 0.419. The third-order valence-corrected chi connectivity index (χ3v) is 26.0. The van der Waals surface area contributed by atoms with Crippen molar-refractivity contribution in [1.29, 1.82) is 0 Å². The van der Waals surface area contributed by atoms with E-state index in [4.69, 9.17) is 42.6 Å². The summed E-state index contributed by atoms with van der Waals surface area (Å²) in [4.78, 5) is 170. The van der Waals surface area contributed by atoms with Crippen LogP contribution in [-0.2, 0) is 106 Å². The highest BCUT2D eigenvalue weighted by atomic mass is 32.1. The minimum Gasteiger partial charge on any atom is -0.481 e. The Labute approximate surface area is 843 Å². The molecule has 0 aliphatic heterocycles. The van der Waals surface area contributed by atoms with Gasteiger partial charge in [-0.1, -0.05) is 0 Å². The minimum absolute atomic E-state index is 0.0228. The summed E-state index contributed by atoms with van der Waals surface area (Å²) in [5, 5.41) is 67.4. The molecule has 0 unspecified atom stereocenters. The predicted octanol–water partition coefficient (Wildman–Crippen LogP) is 13.4. The van der Waals surface area contributed by atoms with Crippen molar-refractivity contribution in [3.63, 3.8) is 0 Å². The van der Waals surface area contributed by atoms with Crippen molar-refractivity contribution >= 4 is 123 Å². The van der Waals surface area contributed by atoms with Gasteiger partial charge in [0.2, 0.25) is 36.2 Å². The zero-order valence-electron chi connectivity index (χ0n) is 80.0. The normalized spacial score (nSPS) is 17.2. The van der Waals surface area contributed by atoms with Crippen LogP contribution in [0.1, 0.15) is 189 Å². The standard InChI is InChI=1S/3C31H33F2N7O8S/c3*1-4-46-20-7-5-19(6-8-20)40-13-22(26(38-40)25-21(32)9-10-24(33)37-25)35-28(42)23-14-49-29(36-23)18-11-34-39(12-18)15-47-31(45)27(48-17(3)41)16(2)30(43)44/h3*9-14,16,19-20,27H,4-8,15H2,1-3H3,(H,35,42)(H,43,44)/t2*16-,19?,20?,27+;16-,19?,20?,27-/m100/s1. The molecule has 3 amide bonds. The number of ether oxygens (including phenoxy) is 9. The quantitative estimate of drug-likeness (QED) is 0.00902. The lowest BCUT2D eigenvalue weighted by Crippen LogP contribution is -2.38. The number of carboxylic acids is 3. The number of esters is 6. The van der Waals surface area contributed by atoms with Crippen molar-refractivity contribution in [3.8, 4) is 65.9 Å². The van der Waals surface area contributed by atoms with Crippen LogP contribution in [0.5, 0.6) is 0 Å². The largest absolute Gasteiger partial charge is 0.481 e. The summed E-state index contributed by atoms with van der Waals surface area (Å²) in [5.74, 6) is -20.9. The zero-order chi connectivity index (χ0) is 106. The van der Waals surface area contributed by atoms with Gasteiger partial charge in [-0.3, -0.25) is 57.2 Å². The van der Waals surface area contributed by atoms with E-state index in [2.05, 4.69) is 76.4 Å². The summed E-state index contributed by atoms with van der Waals surface area (Å²) < 4.78 is 142. The number of hydrogen-bond donors (Lipinski definition) is 6. The molecule has 54 heteroatoms. The van der Waals surface area contributed by atoms with Crippen LogP contribution in [0.3, 0.4) is 0 Å². The second kappa shape index (κ2) is 50.0. The highest BCUT2D eigenvalue weighted by Gasteiger charge is 2.40. The van der Waals surface area contributed by atoms with Crippen LogP contribution < -0.4 is 16.0 Å². The molecule has 147 heavy (non-hydrogen) atoms. The second-order valence-electron chi connectivity index (χ2n) is 33.7. The Kier molecular flexibility index (Phi) is 37.1. The number of aliphatic carboxylic acids is 3. The molecule has 6 atom stereocenters. The number of hydrogen-bond acceptors (Lipinski definition) is 36. The van der Waals surface area contributed by atoms with E-state index in [0.29, 0.717) is 51.5 Å². The number of pyridine rings is 3. The van der Waals surface area contributed by atoms with E-state index in [9.17, 15) is 99.2 Å². The molecule has 0 spiro atoms. The fourth-order valence-corrected chi connectivity index (χ4v) is 18.1. The molecule has 6 N–H and O–H groups in total. The fourth-order valence-electron chi connectivity index (χ4n) is 15.8. The van der Waals surface area contributed by atoms with Gasteiger partial charge in [-0.05, 0) is 155 Å². The predicted molar refractivity (Wildman–Crippen MR) is 504 cm³/mol. The van der Waals surface area contributed by atoms with Crippen molar-refractivity contribution in [1.82, 2.24) is 88.6 Å². The topological polar surface area (TPSA) is 569 Å². The minimum atomic E-state index is -1.65. The molecule has 3 aliphatic rings. The van der Waals surface area contributed by atoms with Gasteiger partial charge in [0.1, 0.15) is 84.0 Å². The molecule has 3 fully saturated rings. The zero-order valence-corrected chi connectivity index (χ0v) is 82.5. The highest BCUT2D eigenvalue weighted by Crippen LogP contribution is 2.41. The number of carbonyl (C=O) groups excluding carboxylic acids is 9. The maximum absolute atomic E-state index is 14.8. The molecule has 12 heterocycles. The van der Waals surface area contributed by atoms with E-state index in [1.165, 1.54) is 88.1 Å². The van der Waals surface area contributed by atoms with E-state index in [1.54, 1.807) is 32.6 Å². The number of carbonyl (C=O) groups is 12. The molecule has 12 aromatic rings. The second-order valence-corrected chi connectivity index (χ2v) is 36.3. The number of aromatic nitrogens is 18. The third kappa shape index (κ3) is 28.5. The van der Waals surface area contributed by atoms with Crippen molar-refractivity contribution in [3.05, 3.63) is 161 Å². The van der Waals surface area contributed by atoms with E-state index < -0.39 is 163 Å². The summed E-state index contributed by atoms with van der Waals surface area (Å²) in [6.45, 7) is 13.2. The first-order chi connectivity index (χ1) is 70.3. The number of nitrogens with one attached hydrogen (secondary N) is 3. The van der Waals surface area contributed by atoms with Gasteiger partial charge in [-0.25, -0.2) is 71.5 Å². The number of carboxylic acid groups (broad SMARTS) is 3. The molecule has 780 valence electrons. The van der Waals surface area contributed by atoms with Gasteiger partial charge >= 0.3 is 53.7 Å². The Morgan fingerprint density at radius 1 is 0.367 bits per heavy atom. The lowest BCUT2D eigenvalue weighted by Gasteiger charge is -2.28. The molecule has 0 bridgehead atoms. The first kappa shape index (κ1) is 109. The maximum Gasteiger partial charge on any atom is 0.350 e. The molecule has 45 nitrogen and oxygen atoms in total. The molecular formula is C93H99F6N21O24S3. The van der Waals surface area contributed by atoms with E-state index in [0.717, 1.165) is 168 Å². The third-order valence-electron chi connectivity index (χ3n) is 23.3. The van der Waals surface area contributed by atoms with Crippen molar-refractivity contribution in [2.45, 2.75) is 214 Å². The first-order valence-corrected chi connectivity index (χ1v) is 48.6. The number of halogens is 6. The Morgan fingerprint density at radius 2 is 0.619 bits per heavy atom. The van der Waals surface area contributed by atoms with Crippen LogP contribution in [0.4, 0.5) is 43.4 Å². The van der Waals surface area contributed by atoms with Crippen LogP contribution in [-0.4, -0.2) is 232 Å². The van der Waals surface area contributed by atoms with Gasteiger partial charge < -0.3 is 73.9 Å². The van der Waals surface area contributed by atoms with Crippen molar-refractivity contribution in [2.24, 2.45) is 17.8 Å². The van der Waals surface area contributed by atoms with Crippen LogP contribution in [0.2, 0.25) is 0 Å². The Bertz CT molecular complexity index is 6130. The number of anilines is 3. The van der Waals surface area contributed by atoms with E-state index >= 15 is 0 Å². The summed E-state index contributed by atoms with van der Waals surface area (Å²) in [6, 6.07) is 5.37. The molecule has 3 aliphatic carbocycles. The maximum atomic E-state index is 14.8. The van der Waals surface area contributed by atoms with Gasteiger partial charge in [0.15, 0.2) is 37.6 Å². The number of thiazole rings is 3. The van der Waals surface area contributed by atoms with Crippen molar-refractivity contribution < 1.29 is 142 Å². The highest BCUT2D eigenvalue weighted by molar-refractivity contribution is 7.14. The number of nitrogens with zero attached hydrogens (tertiary/aromatic N) is 18. The van der Waals surface area contributed by atoms with Gasteiger partial charge in [0, 0.05) is 111 Å². The summed E-state index contributed by atoms with van der Waals surface area (Å²) in [5.41, 5.74) is 0.730. The summed E-state index contributed by atoms with van der Waals surface area (Å²) in [7, 11) is 0. The summed E-state index contributed by atoms with van der Waals surface area (Å²) in [6.07, 6.45) is 18.2. The SMILES string of the molecule is CCOC1CCC(n2cc(NC(=O)c3csc(-c4cnn(COC(=O)[C@@H](OC(C)=O)[C@@H](C)C(=O)O)c4)n3)c(-c3nc(F)ccc3F)n2)CC1.CCOC1CCC(n2cc(NC(=O)c3csc(-c4cnn(COC(=O)[C@@H](OC(C)=O)[C@H](C)C(=O)O)c4)n3)c(-c3nc(F)ccc3F)n2)CC1.CCOC1CCC(n2cc(NC(=O)c3csc(-c4cnn(COC(=O)[C@H](OC(C)=O)[C@H](C)C(=O)O)c4)n3)c(-c3nc(F)ccc3F)n2)CC1. The first-order valence-electron chi connectivity index (χ1n) is 46.0. The number of amides is 3. The molecule has 3 saturated carbocycles. The van der Waals surface area contributed by atoms with Gasteiger partial charge in [0.05, 0.1) is 72.1 Å². The number of rotatable bonds is 39. The smallest absolute Gasteiger partial charge is 0.350 e. The lowest BCUT2D eigenvalue weighted by molar-refractivity contribution is -0.177. The molecule has 15 rings (SSSR count). The molecule has 0 radical (unpaired) electrons. The van der Waals surface area contributed by atoms with Crippen LogP contribution in [0, 0.1) is 53.0 Å². The van der Waals surface area contributed by atoms with E-state index in [1.807, 2.05) is 20.8 Å². The molecule has 0 aromatic carbocycles. The Morgan fingerprint density at radius 3 is 0.850 bits per heavy atom. The average molecular weight is 2110 g/mol. The van der Waals surface area contributed by atoms with Crippen molar-refractivity contribution in [2.75, 3.05) is 35.8 Å².